The minimum absolute atomic E-state index is 0.0220. The number of rotatable bonds is 3. The Balaban J connectivity index is 1.86. The molecule has 1 heterocycles. The number of hydrogen-bond acceptors (Lipinski definition) is 3. The molecular weight excluding hydrogens is 413 g/mol. The van der Waals surface area contributed by atoms with Crippen molar-refractivity contribution in [3.8, 4) is 29.0 Å². The van der Waals surface area contributed by atoms with E-state index < -0.39 is 23.2 Å². The molecule has 1 aromatic heterocycles. The predicted octanol–water partition coefficient (Wildman–Crippen LogP) is 7.24. The zero-order valence-electron chi connectivity index (χ0n) is 15.2. The van der Waals surface area contributed by atoms with Gasteiger partial charge in [0.1, 0.15) is 17.4 Å². The topological polar surface area (TPSA) is 45.9 Å². The van der Waals surface area contributed by atoms with Gasteiger partial charge in [0.25, 0.3) is 0 Å². The number of benzene rings is 3. The maximum atomic E-state index is 13.7. The third-order valence-corrected chi connectivity index (χ3v) is 4.73. The van der Waals surface area contributed by atoms with Crippen LogP contribution in [-0.2, 0) is 6.18 Å². The van der Waals surface area contributed by atoms with Gasteiger partial charge in [0.15, 0.2) is 0 Å². The van der Waals surface area contributed by atoms with E-state index in [0.29, 0.717) is 10.6 Å². The number of alkyl halides is 3. The summed E-state index contributed by atoms with van der Waals surface area (Å²) in [7, 11) is 0. The van der Waals surface area contributed by atoms with E-state index >= 15 is 0 Å². The molecule has 3 nitrogen and oxygen atoms in total. The van der Waals surface area contributed by atoms with Crippen molar-refractivity contribution in [1.29, 1.82) is 5.26 Å². The molecule has 4 aromatic rings. The number of halogens is 4. The first-order valence-corrected chi connectivity index (χ1v) is 9.18. The normalized spacial score (nSPS) is 11.3. The van der Waals surface area contributed by atoms with E-state index in [2.05, 4.69) is 4.98 Å². The van der Waals surface area contributed by atoms with Crippen molar-refractivity contribution in [2.24, 2.45) is 0 Å². The number of pyridine rings is 1. The number of nitriles is 1. The first-order valence-electron chi connectivity index (χ1n) is 8.80. The van der Waals surface area contributed by atoms with Gasteiger partial charge in [0, 0.05) is 10.6 Å². The van der Waals surface area contributed by atoms with Crippen LogP contribution in [0.1, 0.15) is 11.1 Å². The molecule has 0 saturated heterocycles. The molecule has 30 heavy (non-hydrogen) atoms. The Bertz CT molecular complexity index is 1280. The Morgan fingerprint density at radius 2 is 1.60 bits per heavy atom. The SMILES string of the molecule is N#Cc1c(C(F)(F)F)cc(-c2ccc(Cl)cc2)nc1Oc1ccc2ccccc2c1. The molecule has 0 aliphatic rings. The molecule has 0 bridgehead atoms. The maximum Gasteiger partial charge on any atom is 0.417 e. The van der Waals surface area contributed by atoms with Gasteiger partial charge in [0.05, 0.1) is 11.3 Å². The van der Waals surface area contributed by atoms with Crippen LogP contribution in [0.4, 0.5) is 13.2 Å². The predicted molar refractivity (Wildman–Crippen MR) is 108 cm³/mol. The minimum Gasteiger partial charge on any atom is -0.438 e. The summed E-state index contributed by atoms with van der Waals surface area (Å²) in [6.45, 7) is 0. The summed E-state index contributed by atoms with van der Waals surface area (Å²) >= 11 is 5.87. The monoisotopic (exact) mass is 424 g/mol. The molecule has 0 amide bonds. The molecule has 0 N–H and O–H groups in total. The summed E-state index contributed by atoms with van der Waals surface area (Å²) in [5, 5.41) is 11.7. The molecular formula is C23H12ClF3N2O. The smallest absolute Gasteiger partial charge is 0.417 e. The number of nitrogens with zero attached hydrogens (tertiary/aromatic N) is 2. The lowest BCUT2D eigenvalue weighted by molar-refractivity contribution is -0.137. The first kappa shape index (κ1) is 19.7. The zero-order valence-corrected chi connectivity index (χ0v) is 16.0. The average Bonchev–Trinajstić information content (AvgIpc) is 2.73. The summed E-state index contributed by atoms with van der Waals surface area (Å²) < 4.78 is 46.7. The highest BCUT2D eigenvalue weighted by atomic mass is 35.5. The van der Waals surface area contributed by atoms with E-state index in [1.807, 2.05) is 24.3 Å². The van der Waals surface area contributed by atoms with Crippen LogP contribution < -0.4 is 4.74 Å². The lowest BCUT2D eigenvalue weighted by Gasteiger charge is -2.15. The molecule has 0 aliphatic heterocycles. The molecule has 0 spiro atoms. The highest BCUT2D eigenvalue weighted by molar-refractivity contribution is 6.30. The molecule has 148 valence electrons. The summed E-state index contributed by atoms with van der Waals surface area (Å²) in [4.78, 5) is 4.21. The molecule has 0 aliphatic carbocycles. The van der Waals surface area contributed by atoms with Crippen LogP contribution in [0.15, 0.2) is 72.8 Å². The molecule has 0 unspecified atom stereocenters. The minimum atomic E-state index is -4.75. The van der Waals surface area contributed by atoms with Crippen molar-refractivity contribution in [3.05, 3.63) is 88.9 Å². The Morgan fingerprint density at radius 1 is 0.900 bits per heavy atom. The van der Waals surface area contributed by atoms with Crippen LogP contribution >= 0.6 is 11.6 Å². The van der Waals surface area contributed by atoms with Crippen molar-refractivity contribution < 1.29 is 17.9 Å². The summed E-state index contributed by atoms with van der Waals surface area (Å²) in [6.07, 6.45) is -4.75. The third-order valence-electron chi connectivity index (χ3n) is 4.48. The van der Waals surface area contributed by atoms with E-state index in [4.69, 9.17) is 16.3 Å². The van der Waals surface area contributed by atoms with Crippen LogP contribution in [0.3, 0.4) is 0 Å². The fourth-order valence-electron chi connectivity index (χ4n) is 3.04. The maximum absolute atomic E-state index is 13.7. The lowest BCUT2D eigenvalue weighted by Crippen LogP contribution is -2.10. The highest BCUT2D eigenvalue weighted by Crippen LogP contribution is 2.39. The standard InChI is InChI=1S/C23H12ClF3N2O/c24-17-8-5-15(6-9-17)21-12-20(23(25,26)27)19(13-28)22(29-21)30-18-10-7-14-3-1-2-4-16(14)11-18/h1-12H. The van der Waals surface area contributed by atoms with E-state index in [-0.39, 0.29) is 11.4 Å². The largest absolute Gasteiger partial charge is 0.438 e. The van der Waals surface area contributed by atoms with Crippen molar-refractivity contribution >= 4 is 22.4 Å². The van der Waals surface area contributed by atoms with Gasteiger partial charge in [-0.15, -0.1) is 0 Å². The van der Waals surface area contributed by atoms with Crippen LogP contribution in [0, 0.1) is 11.3 Å². The summed E-state index contributed by atoms with van der Waals surface area (Å²) in [5.41, 5.74) is -1.35. The Hall–Kier alpha value is -3.56. The second kappa shape index (κ2) is 7.69. The van der Waals surface area contributed by atoms with Gasteiger partial charge in [0.2, 0.25) is 5.88 Å². The van der Waals surface area contributed by atoms with Crippen LogP contribution in [0.2, 0.25) is 5.02 Å². The fourth-order valence-corrected chi connectivity index (χ4v) is 3.16. The van der Waals surface area contributed by atoms with Gasteiger partial charge < -0.3 is 4.74 Å². The molecule has 3 aromatic carbocycles. The van der Waals surface area contributed by atoms with Gasteiger partial charge in [-0.3, -0.25) is 0 Å². The third kappa shape index (κ3) is 3.93. The second-order valence-electron chi connectivity index (χ2n) is 6.46. The van der Waals surface area contributed by atoms with E-state index in [0.717, 1.165) is 16.8 Å². The van der Waals surface area contributed by atoms with Crippen molar-refractivity contribution in [2.45, 2.75) is 6.18 Å². The van der Waals surface area contributed by atoms with Gasteiger partial charge >= 0.3 is 6.18 Å². The van der Waals surface area contributed by atoms with Crippen molar-refractivity contribution in [3.63, 3.8) is 0 Å². The van der Waals surface area contributed by atoms with Crippen LogP contribution in [0.25, 0.3) is 22.0 Å². The quantitative estimate of drug-likeness (QED) is 0.348. The Kier molecular flexibility index (Phi) is 5.06. The average molecular weight is 425 g/mol. The van der Waals surface area contributed by atoms with E-state index in [9.17, 15) is 18.4 Å². The fraction of sp³-hybridized carbons (Fsp3) is 0.0435. The van der Waals surface area contributed by atoms with Gasteiger partial charge in [-0.05, 0) is 41.1 Å². The molecule has 7 heteroatoms. The van der Waals surface area contributed by atoms with Crippen molar-refractivity contribution in [2.75, 3.05) is 0 Å². The second-order valence-corrected chi connectivity index (χ2v) is 6.90. The Labute approximate surface area is 174 Å². The number of ether oxygens (including phenoxy) is 1. The van der Waals surface area contributed by atoms with E-state index in [1.165, 1.54) is 0 Å². The van der Waals surface area contributed by atoms with Crippen molar-refractivity contribution in [1.82, 2.24) is 4.98 Å². The molecule has 0 fully saturated rings. The van der Waals surface area contributed by atoms with Gasteiger partial charge in [-0.1, -0.05) is 54.1 Å². The summed E-state index contributed by atoms with van der Waals surface area (Å²) in [6, 6.07) is 21.2. The number of aromatic nitrogens is 1. The van der Waals surface area contributed by atoms with Gasteiger partial charge in [-0.25, -0.2) is 4.98 Å². The van der Waals surface area contributed by atoms with Crippen LogP contribution in [0.5, 0.6) is 11.6 Å². The summed E-state index contributed by atoms with van der Waals surface area (Å²) in [5.74, 6) is -0.133. The number of fused-ring (bicyclic) bond motifs is 1. The van der Waals surface area contributed by atoms with Crippen LogP contribution in [-0.4, -0.2) is 4.98 Å². The highest BCUT2D eigenvalue weighted by Gasteiger charge is 2.36. The molecule has 0 atom stereocenters. The first-order chi connectivity index (χ1) is 14.3. The zero-order chi connectivity index (χ0) is 21.3. The molecule has 0 radical (unpaired) electrons. The molecule has 4 rings (SSSR count). The van der Waals surface area contributed by atoms with Gasteiger partial charge in [-0.2, -0.15) is 18.4 Å². The Morgan fingerprint density at radius 3 is 2.27 bits per heavy atom. The van der Waals surface area contributed by atoms with E-state index in [1.54, 1.807) is 48.5 Å². The molecule has 0 saturated carbocycles. The lowest BCUT2D eigenvalue weighted by atomic mass is 10.0. The number of hydrogen-bond donors (Lipinski definition) is 0.